The first-order valence-electron chi connectivity index (χ1n) is 5.79. The molecule has 1 nitrogen and oxygen atoms in total. The minimum absolute atomic E-state index is 0.762. The Morgan fingerprint density at radius 3 is 2.20 bits per heavy atom. The Hall–Kier alpha value is -0.820. The van der Waals surface area contributed by atoms with E-state index in [2.05, 4.69) is 39.8 Å². The zero-order valence-corrected chi connectivity index (χ0v) is 10.4. The predicted molar refractivity (Wildman–Crippen MR) is 65.2 cm³/mol. The minimum atomic E-state index is 0.762. The van der Waals surface area contributed by atoms with Crippen LogP contribution in [0.25, 0.3) is 0 Å². The zero-order chi connectivity index (χ0) is 11.3. The number of ether oxygens (including phenoxy) is 1. The molecule has 0 N–H and O–H groups in total. The third kappa shape index (κ3) is 3.67. The summed E-state index contributed by atoms with van der Waals surface area (Å²) in [5.41, 5.74) is 5.40. The molecule has 1 rings (SSSR count). The van der Waals surface area contributed by atoms with Gasteiger partial charge in [-0.3, -0.25) is 0 Å². The van der Waals surface area contributed by atoms with Crippen LogP contribution < -0.4 is 0 Å². The van der Waals surface area contributed by atoms with Gasteiger partial charge in [-0.1, -0.05) is 31.0 Å². The molecular formula is C14H22O. The number of unbranched alkanes of at least 4 members (excludes halogenated alkanes) is 1. The van der Waals surface area contributed by atoms with E-state index in [9.17, 15) is 0 Å². The Bertz CT molecular complexity index is 292. The largest absolute Gasteiger partial charge is 0.377 e. The van der Waals surface area contributed by atoms with Gasteiger partial charge in [-0.15, -0.1) is 0 Å². The van der Waals surface area contributed by atoms with Crippen LogP contribution in [-0.2, 0) is 11.3 Å². The molecule has 0 saturated carbocycles. The second-order valence-electron chi connectivity index (χ2n) is 4.28. The first kappa shape index (κ1) is 12.3. The van der Waals surface area contributed by atoms with Crippen molar-refractivity contribution < 1.29 is 4.74 Å². The van der Waals surface area contributed by atoms with Gasteiger partial charge in [0.1, 0.15) is 0 Å². The molecule has 0 spiro atoms. The molecule has 84 valence electrons. The van der Waals surface area contributed by atoms with Gasteiger partial charge in [-0.05, 0) is 43.9 Å². The van der Waals surface area contributed by atoms with Gasteiger partial charge in [0.2, 0.25) is 0 Å². The fourth-order valence-corrected chi connectivity index (χ4v) is 1.86. The van der Waals surface area contributed by atoms with E-state index in [1.165, 1.54) is 28.7 Å². The van der Waals surface area contributed by atoms with Crippen LogP contribution in [0, 0.1) is 20.8 Å². The van der Waals surface area contributed by atoms with E-state index in [0.29, 0.717) is 0 Å². The normalized spacial score (nSPS) is 10.7. The summed E-state index contributed by atoms with van der Waals surface area (Å²) in [6, 6.07) is 4.46. The van der Waals surface area contributed by atoms with Gasteiger partial charge < -0.3 is 4.74 Å². The molecule has 0 amide bonds. The predicted octanol–water partition coefficient (Wildman–Crippen LogP) is 3.93. The Morgan fingerprint density at radius 1 is 1.07 bits per heavy atom. The standard InChI is InChI=1S/C14H22O/c1-5-6-7-15-10-14-12(3)8-11(2)9-13(14)4/h8-9H,5-7,10H2,1-4H3. The molecule has 0 radical (unpaired) electrons. The first-order chi connectivity index (χ1) is 7.15. The van der Waals surface area contributed by atoms with Gasteiger partial charge in [-0.2, -0.15) is 0 Å². The van der Waals surface area contributed by atoms with E-state index < -0.39 is 0 Å². The van der Waals surface area contributed by atoms with Crippen molar-refractivity contribution in [1.82, 2.24) is 0 Å². The highest BCUT2D eigenvalue weighted by atomic mass is 16.5. The van der Waals surface area contributed by atoms with Crippen molar-refractivity contribution in [3.8, 4) is 0 Å². The quantitative estimate of drug-likeness (QED) is 0.663. The second-order valence-corrected chi connectivity index (χ2v) is 4.28. The third-order valence-electron chi connectivity index (χ3n) is 2.73. The van der Waals surface area contributed by atoms with E-state index >= 15 is 0 Å². The van der Waals surface area contributed by atoms with Crippen LogP contribution in [-0.4, -0.2) is 6.61 Å². The van der Waals surface area contributed by atoms with Crippen molar-refractivity contribution in [1.29, 1.82) is 0 Å². The summed E-state index contributed by atoms with van der Waals surface area (Å²) in [7, 11) is 0. The number of aryl methyl sites for hydroxylation is 3. The zero-order valence-electron chi connectivity index (χ0n) is 10.4. The Morgan fingerprint density at radius 2 is 1.67 bits per heavy atom. The average Bonchev–Trinajstić information content (AvgIpc) is 2.15. The Balaban J connectivity index is 2.60. The minimum Gasteiger partial charge on any atom is -0.377 e. The van der Waals surface area contributed by atoms with Crippen molar-refractivity contribution in [3.63, 3.8) is 0 Å². The highest BCUT2D eigenvalue weighted by Gasteiger charge is 2.03. The van der Waals surface area contributed by atoms with Crippen LogP contribution in [0.3, 0.4) is 0 Å². The molecule has 0 atom stereocenters. The highest BCUT2D eigenvalue weighted by Crippen LogP contribution is 2.17. The van der Waals surface area contributed by atoms with Crippen LogP contribution in [0.2, 0.25) is 0 Å². The van der Waals surface area contributed by atoms with Crippen molar-refractivity contribution in [2.45, 2.75) is 47.1 Å². The van der Waals surface area contributed by atoms with E-state index in [-0.39, 0.29) is 0 Å². The lowest BCUT2D eigenvalue weighted by molar-refractivity contribution is 0.117. The molecular weight excluding hydrogens is 184 g/mol. The fraction of sp³-hybridized carbons (Fsp3) is 0.571. The molecule has 0 saturated heterocycles. The maximum atomic E-state index is 5.66. The number of hydrogen-bond donors (Lipinski definition) is 0. The lowest BCUT2D eigenvalue weighted by Crippen LogP contribution is -2.00. The fourth-order valence-electron chi connectivity index (χ4n) is 1.86. The van der Waals surface area contributed by atoms with Crippen molar-refractivity contribution >= 4 is 0 Å². The van der Waals surface area contributed by atoms with Crippen molar-refractivity contribution in [3.05, 3.63) is 34.4 Å². The molecule has 0 aromatic heterocycles. The van der Waals surface area contributed by atoms with Gasteiger partial charge in [0.15, 0.2) is 0 Å². The van der Waals surface area contributed by atoms with Crippen molar-refractivity contribution in [2.24, 2.45) is 0 Å². The Labute approximate surface area is 93.5 Å². The first-order valence-corrected chi connectivity index (χ1v) is 5.79. The smallest absolute Gasteiger partial charge is 0.0721 e. The number of benzene rings is 1. The van der Waals surface area contributed by atoms with Gasteiger partial charge in [0.05, 0.1) is 6.61 Å². The summed E-state index contributed by atoms with van der Waals surface area (Å²) in [6.07, 6.45) is 2.36. The molecule has 0 aliphatic heterocycles. The van der Waals surface area contributed by atoms with Crippen LogP contribution in [0.15, 0.2) is 12.1 Å². The number of rotatable bonds is 5. The van der Waals surface area contributed by atoms with Gasteiger partial charge in [0.25, 0.3) is 0 Å². The van der Waals surface area contributed by atoms with Crippen LogP contribution in [0.5, 0.6) is 0 Å². The molecule has 0 fully saturated rings. The Kier molecular flexibility index (Phi) is 4.83. The van der Waals surface area contributed by atoms with E-state index in [4.69, 9.17) is 4.74 Å². The van der Waals surface area contributed by atoms with E-state index in [1.807, 2.05) is 0 Å². The molecule has 0 unspecified atom stereocenters. The summed E-state index contributed by atoms with van der Waals surface area (Å²) in [6.45, 7) is 10.3. The van der Waals surface area contributed by atoms with Crippen LogP contribution in [0.4, 0.5) is 0 Å². The molecule has 0 aliphatic rings. The summed E-state index contributed by atoms with van der Waals surface area (Å²) in [5.74, 6) is 0. The number of hydrogen-bond acceptors (Lipinski definition) is 1. The summed E-state index contributed by atoms with van der Waals surface area (Å²) >= 11 is 0. The lowest BCUT2D eigenvalue weighted by atomic mass is 10.0. The molecule has 15 heavy (non-hydrogen) atoms. The monoisotopic (exact) mass is 206 g/mol. The van der Waals surface area contributed by atoms with Crippen molar-refractivity contribution in [2.75, 3.05) is 6.61 Å². The third-order valence-corrected chi connectivity index (χ3v) is 2.73. The van der Waals surface area contributed by atoms with E-state index in [0.717, 1.165) is 19.6 Å². The molecule has 0 aliphatic carbocycles. The average molecular weight is 206 g/mol. The molecule has 1 aromatic rings. The van der Waals surface area contributed by atoms with Gasteiger partial charge in [0, 0.05) is 6.61 Å². The summed E-state index contributed by atoms with van der Waals surface area (Å²) in [5, 5.41) is 0. The molecule has 1 aromatic carbocycles. The topological polar surface area (TPSA) is 9.23 Å². The van der Waals surface area contributed by atoms with Gasteiger partial charge >= 0.3 is 0 Å². The summed E-state index contributed by atoms with van der Waals surface area (Å²) in [4.78, 5) is 0. The van der Waals surface area contributed by atoms with Crippen LogP contribution in [0.1, 0.15) is 42.0 Å². The van der Waals surface area contributed by atoms with Gasteiger partial charge in [-0.25, -0.2) is 0 Å². The molecule has 0 bridgehead atoms. The molecule has 1 heteroatoms. The van der Waals surface area contributed by atoms with E-state index in [1.54, 1.807) is 0 Å². The SMILES string of the molecule is CCCCOCc1c(C)cc(C)cc1C. The van der Waals surface area contributed by atoms with Crippen LogP contribution >= 0.6 is 0 Å². The highest BCUT2D eigenvalue weighted by molar-refractivity contribution is 5.36. The second kappa shape index (κ2) is 5.92. The maximum absolute atomic E-state index is 5.66. The molecule has 0 heterocycles. The lowest BCUT2D eigenvalue weighted by Gasteiger charge is -2.11. The maximum Gasteiger partial charge on any atom is 0.0721 e. The summed E-state index contributed by atoms with van der Waals surface area (Å²) < 4.78 is 5.66.